The van der Waals surface area contributed by atoms with E-state index in [9.17, 15) is 17.6 Å². The lowest BCUT2D eigenvalue weighted by Crippen LogP contribution is -2.29. The van der Waals surface area contributed by atoms with E-state index in [1.54, 1.807) is 0 Å². The van der Waals surface area contributed by atoms with E-state index in [2.05, 4.69) is 0 Å². The molecule has 0 saturated heterocycles. The predicted octanol–water partition coefficient (Wildman–Crippen LogP) is 2.09. The van der Waals surface area contributed by atoms with E-state index >= 15 is 0 Å². The lowest BCUT2D eigenvalue weighted by atomic mass is 10.1. The number of rotatable bonds is 1. The molecule has 0 radical (unpaired) electrons. The Morgan fingerprint density at radius 2 is 1.86 bits per heavy atom. The standard InChI is InChI=1S/C8H7F4NO/c9-6-4(2-1-3-5(6)14)7(13)8(10,11)12/h1-3,7,14H,13H2/t7-/m1/s1. The molecule has 1 atom stereocenters. The van der Waals surface area contributed by atoms with E-state index in [-0.39, 0.29) is 0 Å². The Balaban J connectivity index is 3.14. The second kappa shape index (κ2) is 3.45. The number of phenolic OH excluding ortho intramolecular Hbond substituents is 1. The van der Waals surface area contributed by atoms with Gasteiger partial charge in [-0.15, -0.1) is 0 Å². The molecule has 0 fully saturated rings. The average molecular weight is 209 g/mol. The minimum atomic E-state index is -4.73. The summed E-state index contributed by atoms with van der Waals surface area (Å²) in [5.74, 6) is -2.18. The number of hydrogen-bond acceptors (Lipinski definition) is 2. The number of benzene rings is 1. The fraction of sp³-hybridized carbons (Fsp3) is 0.250. The van der Waals surface area contributed by atoms with Crippen LogP contribution in [0.5, 0.6) is 5.75 Å². The Hall–Kier alpha value is -1.30. The topological polar surface area (TPSA) is 46.2 Å². The van der Waals surface area contributed by atoms with Crippen molar-refractivity contribution >= 4 is 0 Å². The molecule has 0 aromatic heterocycles. The molecule has 0 amide bonds. The summed E-state index contributed by atoms with van der Waals surface area (Å²) in [5, 5.41) is 8.82. The summed E-state index contributed by atoms with van der Waals surface area (Å²) in [6.45, 7) is 0. The highest BCUT2D eigenvalue weighted by atomic mass is 19.4. The second-order valence-corrected chi connectivity index (χ2v) is 2.70. The van der Waals surface area contributed by atoms with E-state index in [0.717, 1.165) is 18.2 Å². The predicted molar refractivity (Wildman–Crippen MR) is 41.0 cm³/mol. The summed E-state index contributed by atoms with van der Waals surface area (Å²) in [6, 6.07) is 0.503. The first kappa shape index (κ1) is 10.8. The van der Waals surface area contributed by atoms with Crippen molar-refractivity contribution in [3.63, 3.8) is 0 Å². The first-order valence-electron chi connectivity index (χ1n) is 3.63. The van der Waals surface area contributed by atoms with Gasteiger partial charge in [-0.2, -0.15) is 13.2 Å². The van der Waals surface area contributed by atoms with Crippen molar-refractivity contribution in [1.29, 1.82) is 0 Å². The van der Waals surface area contributed by atoms with Crippen LogP contribution in [0.4, 0.5) is 17.6 Å². The quantitative estimate of drug-likeness (QED) is 0.695. The van der Waals surface area contributed by atoms with Gasteiger partial charge in [0.2, 0.25) is 0 Å². The first-order chi connectivity index (χ1) is 6.34. The third-order valence-electron chi connectivity index (χ3n) is 1.70. The van der Waals surface area contributed by atoms with Gasteiger partial charge in [-0.1, -0.05) is 12.1 Å². The molecule has 2 nitrogen and oxygen atoms in total. The number of phenols is 1. The van der Waals surface area contributed by atoms with Crippen molar-refractivity contribution in [1.82, 2.24) is 0 Å². The van der Waals surface area contributed by atoms with Gasteiger partial charge in [0.15, 0.2) is 11.6 Å². The molecule has 3 N–H and O–H groups in total. The van der Waals surface area contributed by atoms with E-state index in [1.807, 2.05) is 0 Å². The first-order valence-corrected chi connectivity index (χ1v) is 3.63. The monoisotopic (exact) mass is 209 g/mol. The second-order valence-electron chi connectivity index (χ2n) is 2.70. The number of hydrogen-bond donors (Lipinski definition) is 2. The molecular formula is C8H7F4NO. The third-order valence-corrected chi connectivity index (χ3v) is 1.70. The molecule has 78 valence electrons. The van der Waals surface area contributed by atoms with Crippen LogP contribution >= 0.6 is 0 Å². The van der Waals surface area contributed by atoms with E-state index < -0.39 is 29.3 Å². The van der Waals surface area contributed by atoms with Gasteiger partial charge >= 0.3 is 6.18 Å². The maximum absolute atomic E-state index is 13.0. The summed E-state index contributed by atoms with van der Waals surface area (Å²) in [5.41, 5.74) is 4.00. The van der Waals surface area contributed by atoms with Crippen LogP contribution in [-0.4, -0.2) is 11.3 Å². The summed E-state index contributed by atoms with van der Waals surface area (Å²) in [7, 11) is 0. The molecule has 0 bridgehead atoms. The highest BCUT2D eigenvalue weighted by Gasteiger charge is 2.39. The smallest absolute Gasteiger partial charge is 0.407 e. The molecule has 1 rings (SSSR count). The number of nitrogens with two attached hydrogens (primary N) is 1. The zero-order chi connectivity index (χ0) is 10.9. The van der Waals surface area contributed by atoms with E-state index in [4.69, 9.17) is 10.8 Å². The Kier molecular flexibility index (Phi) is 2.66. The number of halogens is 4. The molecule has 0 spiro atoms. The maximum atomic E-state index is 13.0. The fourth-order valence-electron chi connectivity index (χ4n) is 0.954. The van der Waals surface area contributed by atoms with Crippen molar-refractivity contribution < 1.29 is 22.7 Å². The molecule has 0 heterocycles. The molecule has 6 heteroatoms. The minimum absolute atomic E-state index is 0.766. The summed E-state index contributed by atoms with van der Waals surface area (Å²) in [6.07, 6.45) is -4.73. The van der Waals surface area contributed by atoms with Crippen LogP contribution in [0.2, 0.25) is 0 Å². The molecule has 0 unspecified atom stereocenters. The van der Waals surface area contributed by atoms with Crippen LogP contribution in [-0.2, 0) is 0 Å². The molecule has 1 aromatic carbocycles. The molecule has 14 heavy (non-hydrogen) atoms. The highest BCUT2D eigenvalue weighted by Crippen LogP contribution is 2.33. The van der Waals surface area contributed by atoms with E-state index in [1.165, 1.54) is 0 Å². The highest BCUT2D eigenvalue weighted by molar-refractivity contribution is 5.32. The Bertz CT molecular complexity index is 337. The van der Waals surface area contributed by atoms with E-state index in [0.29, 0.717) is 0 Å². The number of alkyl halides is 3. The zero-order valence-electron chi connectivity index (χ0n) is 6.85. The van der Waals surface area contributed by atoms with Gasteiger partial charge in [0.05, 0.1) is 0 Å². The van der Waals surface area contributed by atoms with Crippen LogP contribution < -0.4 is 5.73 Å². The van der Waals surface area contributed by atoms with Gasteiger partial charge in [-0.3, -0.25) is 0 Å². The largest absolute Gasteiger partial charge is 0.505 e. The average Bonchev–Trinajstić information content (AvgIpc) is 2.07. The van der Waals surface area contributed by atoms with Crippen LogP contribution in [0, 0.1) is 5.82 Å². The Morgan fingerprint density at radius 3 is 2.36 bits per heavy atom. The number of aromatic hydroxyl groups is 1. The van der Waals surface area contributed by atoms with Crippen LogP contribution in [0.1, 0.15) is 11.6 Å². The molecule has 0 aliphatic carbocycles. The summed E-state index contributed by atoms with van der Waals surface area (Å²) >= 11 is 0. The molecule has 0 aliphatic heterocycles. The molecule has 0 aliphatic rings. The van der Waals surface area contributed by atoms with Gasteiger partial charge in [0, 0.05) is 5.56 Å². The summed E-state index contributed by atoms with van der Waals surface area (Å²) < 4.78 is 49.2. The summed E-state index contributed by atoms with van der Waals surface area (Å²) in [4.78, 5) is 0. The maximum Gasteiger partial charge on any atom is 0.407 e. The van der Waals surface area contributed by atoms with Gasteiger partial charge in [0.25, 0.3) is 0 Å². The van der Waals surface area contributed by atoms with Gasteiger partial charge in [0.1, 0.15) is 6.04 Å². The third kappa shape index (κ3) is 1.95. The van der Waals surface area contributed by atoms with Crippen molar-refractivity contribution in [3.05, 3.63) is 29.6 Å². The molecule has 1 aromatic rings. The van der Waals surface area contributed by atoms with Gasteiger partial charge in [-0.05, 0) is 6.07 Å². The normalized spacial score (nSPS) is 14.1. The molecular weight excluding hydrogens is 202 g/mol. The lowest BCUT2D eigenvalue weighted by molar-refractivity contribution is -0.149. The Labute approximate surface area is 77.0 Å². The van der Waals surface area contributed by atoms with Crippen LogP contribution in [0.15, 0.2) is 18.2 Å². The van der Waals surface area contributed by atoms with Crippen LogP contribution in [0.3, 0.4) is 0 Å². The SMILES string of the molecule is N[C@H](c1cccc(O)c1F)C(F)(F)F. The van der Waals surface area contributed by atoms with Crippen molar-refractivity contribution in [2.45, 2.75) is 12.2 Å². The lowest BCUT2D eigenvalue weighted by Gasteiger charge is -2.16. The fourth-order valence-corrected chi connectivity index (χ4v) is 0.954. The van der Waals surface area contributed by atoms with Crippen molar-refractivity contribution in [2.75, 3.05) is 0 Å². The van der Waals surface area contributed by atoms with Gasteiger partial charge < -0.3 is 10.8 Å². The van der Waals surface area contributed by atoms with Crippen LogP contribution in [0.25, 0.3) is 0 Å². The zero-order valence-corrected chi connectivity index (χ0v) is 6.85. The minimum Gasteiger partial charge on any atom is -0.505 e. The van der Waals surface area contributed by atoms with Crippen molar-refractivity contribution in [2.24, 2.45) is 5.73 Å². The Morgan fingerprint density at radius 1 is 1.29 bits per heavy atom. The van der Waals surface area contributed by atoms with Gasteiger partial charge in [-0.25, -0.2) is 4.39 Å². The molecule has 0 saturated carbocycles. The van der Waals surface area contributed by atoms with Crippen molar-refractivity contribution in [3.8, 4) is 5.75 Å².